The Morgan fingerprint density at radius 3 is 2.65 bits per heavy atom. The molecule has 0 spiro atoms. The highest BCUT2D eigenvalue weighted by Gasteiger charge is 2.18. The summed E-state index contributed by atoms with van der Waals surface area (Å²) in [6.07, 6.45) is 0. The van der Waals surface area contributed by atoms with Crippen molar-refractivity contribution < 1.29 is 4.39 Å². The minimum atomic E-state index is -0.189. The van der Waals surface area contributed by atoms with E-state index in [1.807, 2.05) is 31.5 Å². The largest absolute Gasteiger partial charge is 0.309 e. The van der Waals surface area contributed by atoms with Crippen molar-refractivity contribution in [2.75, 3.05) is 7.05 Å². The topological polar surface area (TPSA) is 12.0 Å². The fraction of sp³-hybridized carbons (Fsp3) is 0.231. The lowest BCUT2D eigenvalue weighted by molar-refractivity contribution is 0.621. The Bertz CT molecular complexity index is 524. The van der Waals surface area contributed by atoms with E-state index in [9.17, 15) is 4.39 Å². The summed E-state index contributed by atoms with van der Waals surface area (Å²) in [5, 5.41) is 5.32. The van der Waals surface area contributed by atoms with Gasteiger partial charge in [-0.15, -0.1) is 11.3 Å². The molecule has 0 amide bonds. The first-order valence-corrected chi connectivity index (χ1v) is 6.97. The summed E-state index contributed by atoms with van der Waals surface area (Å²) in [5.41, 5.74) is 2.07. The van der Waals surface area contributed by atoms with Gasteiger partial charge in [0.25, 0.3) is 0 Å². The highest BCUT2D eigenvalue weighted by Crippen LogP contribution is 2.34. The molecule has 1 aromatic heterocycles. The maximum Gasteiger partial charge on any atom is 0.123 e. The fourth-order valence-corrected chi connectivity index (χ4v) is 3.63. The van der Waals surface area contributed by atoms with Gasteiger partial charge in [-0.05, 0) is 64.6 Å². The van der Waals surface area contributed by atoms with Gasteiger partial charge in [0.2, 0.25) is 0 Å². The summed E-state index contributed by atoms with van der Waals surface area (Å²) in [6, 6.07) is 7.06. The molecule has 0 aliphatic heterocycles. The molecule has 17 heavy (non-hydrogen) atoms. The standard InChI is InChI=1S/C13H13BrFNS/c1-8-7-9(15)3-4-10(8)12(16-2)13-11(14)5-6-17-13/h3-7,12,16H,1-2H3. The van der Waals surface area contributed by atoms with Crippen LogP contribution < -0.4 is 5.32 Å². The van der Waals surface area contributed by atoms with Crippen LogP contribution in [0.2, 0.25) is 0 Å². The van der Waals surface area contributed by atoms with E-state index in [-0.39, 0.29) is 11.9 Å². The van der Waals surface area contributed by atoms with Crippen LogP contribution in [0.5, 0.6) is 0 Å². The van der Waals surface area contributed by atoms with E-state index in [1.54, 1.807) is 17.4 Å². The first kappa shape index (κ1) is 12.7. The van der Waals surface area contributed by atoms with Gasteiger partial charge in [0.1, 0.15) is 5.82 Å². The zero-order chi connectivity index (χ0) is 12.4. The second-order valence-corrected chi connectivity index (χ2v) is 5.66. The number of thiophene rings is 1. The number of hydrogen-bond donors (Lipinski definition) is 1. The third-order valence-corrected chi connectivity index (χ3v) is 4.67. The summed E-state index contributed by atoms with van der Waals surface area (Å²) < 4.78 is 14.2. The molecule has 4 heteroatoms. The van der Waals surface area contributed by atoms with E-state index in [0.717, 1.165) is 15.6 Å². The summed E-state index contributed by atoms with van der Waals surface area (Å²) in [5.74, 6) is -0.189. The number of aryl methyl sites for hydroxylation is 1. The molecule has 0 saturated heterocycles. The number of halogens is 2. The van der Waals surface area contributed by atoms with Crippen LogP contribution in [-0.2, 0) is 0 Å². The Labute approximate surface area is 113 Å². The van der Waals surface area contributed by atoms with Crippen molar-refractivity contribution in [1.29, 1.82) is 0 Å². The molecule has 0 fully saturated rings. The molecule has 0 saturated carbocycles. The third kappa shape index (κ3) is 2.59. The van der Waals surface area contributed by atoms with Gasteiger partial charge in [0.05, 0.1) is 6.04 Å². The lowest BCUT2D eigenvalue weighted by Gasteiger charge is -2.18. The van der Waals surface area contributed by atoms with E-state index in [2.05, 4.69) is 21.2 Å². The van der Waals surface area contributed by atoms with Gasteiger partial charge >= 0.3 is 0 Å². The molecule has 1 unspecified atom stereocenters. The average molecular weight is 314 g/mol. The molecule has 1 nitrogen and oxygen atoms in total. The molecule has 1 heterocycles. The molecule has 2 aromatic rings. The summed E-state index contributed by atoms with van der Waals surface area (Å²) in [4.78, 5) is 1.21. The Balaban J connectivity index is 2.46. The van der Waals surface area contributed by atoms with Gasteiger partial charge in [-0.3, -0.25) is 0 Å². The molecule has 1 atom stereocenters. The fourth-order valence-electron chi connectivity index (χ4n) is 1.90. The van der Waals surface area contributed by atoms with Crippen molar-refractivity contribution >= 4 is 27.3 Å². The Morgan fingerprint density at radius 1 is 1.35 bits per heavy atom. The van der Waals surface area contributed by atoms with Gasteiger partial charge in [-0.25, -0.2) is 4.39 Å². The normalized spacial score (nSPS) is 12.7. The van der Waals surface area contributed by atoms with Crippen LogP contribution in [0.3, 0.4) is 0 Å². The monoisotopic (exact) mass is 313 g/mol. The van der Waals surface area contributed by atoms with Crippen molar-refractivity contribution in [3.8, 4) is 0 Å². The zero-order valence-corrected chi connectivity index (χ0v) is 12.0. The van der Waals surface area contributed by atoms with Gasteiger partial charge in [0.15, 0.2) is 0 Å². The van der Waals surface area contributed by atoms with Gasteiger partial charge < -0.3 is 5.32 Å². The van der Waals surface area contributed by atoms with Crippen LogP contribution in [-0.4, -0.2) is 7.05 Å². The minimum Gasteiger partial charge on any atom is -0.309 e. The van der Waals surface area contributed by atoms with Crippen molar-refractivity contribution in [3.63, 3.8) is 0 Å². The Kier molecular flexibility index (Phi) is 3.97. The lowest BCUT2D eigenvalue weighted by Crippen LogP contribution is -2.18. The van der Waals surface area contributed by atoms with E-state index in [0.29, 0.717) is 0 Å². The lowest BCUT2D eigenvalue weighted by atomic mass is 10.00. The molecular formula is C13H13BrFNS. The predicted molar refractivity (Wildman–Crippen MR) is 74.1 cm³/mol. The van der Waals surface area contributed by atoms with Crippen molar-refractivity contribution in [2.45, 2.75) is 13.0 Å². The van der Waals surface area contributed by atoms with Crippen LogP contribution in [0.4, 0.5) is 4.39 Å². The summed E-state index contributed by atoms with van der Waals surface area (Å²) >= 11 is 5.23. The van der Waals surface area contributed by atoms with Gasteiger partial charge in [0, 0.05) is 9.35 Å². The molecule has 0 aliphatic rings. The zero-order valence-electron chi connectivity index (χ0n) is 9.63. The maximum absolute atomic E-state index is 13.1. The molecule has 0 aliphatic carbocycles. The van der Waals surface area contributed by atoms with Crippen LogP contribution in [0, 0.1) is 12.7 Å². The van der Waals surface area contributed by atoms with E-state index < -0.39 is 0 Å². The van der Waals surface area contributed by atoms with E-state index >= 15 is 0 Å². The third-order valence-electron chi connectivity index (χ3n) is 2.74. The van der Waals surface area contributed by atoms with Crippen LogP contribution >= 0.6 is 27.3 Å². The Morgan fingerprint density at radius 2 is 2.12 bits per heavy atom. The minimum absolute atomic E-state index is 0.102. The Hall–Kier alpha value is -0.710. The molecule has 2 rings (SSSR count). The van der Waals surface area contributed by atoms with E-state index in [1.165, 1.54) is 10.9 Å². The predicted octanol–water partition coefficient (Wildman–Crippen LogP) is 4.27. The average Bonchev–Trinajstić information content (AvgIpc) is 2.69. The molecule has 1 N–H and O–H groups in total. The molecule has 90 valence electrons. The van der Waals surface area contributed by atoms with Crippen molar-refractivity contribution in [3.05, 3.63) is 55.9 Å². The number of benzene rings is 1. The van der Waals surface area contributed by atoms with Crippen LogP contribution in [0.15, 0.2) is 34.1 Å². The first-order valence-electron chi connectivity index (χ1n) is 5.29. The number of rotatable bonds is 3. The molecular weight excluding hydrogens is 301 g/mol. The molecule has 0 radical (unpaired) electrons. The van der Waals surface area contributed by atoms with Crippen molar-refractivity contribution in [1.82, 2.24) is 5.32 Å². The maximum atomic E-state index is 13.1. The molecule has 0 bridgehead atoms. The van der Waals surface area contributed by atoms with Gasteiger partial charge in [-0.2, -0.15) is 0 Å². The summed E-state index contributed by atoms with van der Waals surface area (Å²) in [7, 11) is 1.92. The van der Waals surface area contributed by atoms with Gasteiger partial charge in [-0.1, -0.05) is 6.07 Å². The quantitative estimate of drug-likeness (QED) is 0.892. The smallest absolute Gasteiger partial charge is 0.123 e. The number of nitrogens with one attached hydrogen (secondary N) is 1. The van der Waals surface area contributed by atoms with Crippen molar-refractivity contribution in [2.24, 2.45) is 0 Å². The molecule has 1 aromatic carbocycles. The first-order chi connectivity index (χ1) is 8.13. The van der Waals surface area contributed by atoms with Crippen LogP contribution in [0.1, 0.15) is 22.0 Å². The second kappa shape index (κ2) is 5.29. The highest BCUT2D eigenvalue weighted by atomic mass is 79.9. The highest BCUT2D eigenvalue weighted by molar-refractivity contribution is 9.10. The van der Waals surface area contributed by atoms with E-state index in [4.69, 9.17) is 0 Å². The summed E-state index contributed by atoms with van der Waals surface area (Å²) in [6.45, 7) is 1.93. The SMILES string of the molecule is CNC(c1ccc(F)cc1C)c1sccc1Br. The second-order valence-electron chi connectivity index (χ2n) is 3.86. The van der Waals surface area contributed by atoms with Crippen LogP contribution in [0.25, 0.3) is 0 Å². The number of hydrogen-bond acceptors (Lipinski definition) is 2.